The molecule has 138 valence electrons. The van der Waals surface area contributed by atoms with Crippen molar-refractivity contribution >= 4 is 11.3 Å². The summed E-state index contributed by atoms with van der Waals surface area (Å²) in [4.78, 5) is 0. The molecule has 0 radical (unpaired) electrons. The molecule has 0 saturated carbocycles. The first-order valence-corrected chi connectivity index (χ1v) is 8.77. The van der Waals surface area contributed by atoms with E-state index in [-0.39, 0.29) is 0 Å². The lowest BCUT2D eigenvalue weighted by Crippen LogP contribution is -2.06. The number of anilines is 1. The van der Waals surface area contributed by atoms with Crippen LogP contribution in [0.3, 0.4) is 0 Å². The molecule has 4 rings (SSSR count). The number of hydrogen-bond donors (Lipinski definition) is 2. The lowest BCUT2D eigenvalue weighted by Gasteiger charge is -2.11. The quantitative estimate of drug-likeness (QED) is 0.546. The van der Waals surface area contributed by atoms with Gasteiger partial charge in [-0.2, -0.15) is 14.7 Å². The number of nitrogens with one attached hydrogen (secondary N) is 2. The van der Waals surface area contributed by atoms with Gasteiger partial charge in [0.1, 0.15) is 12.1 Å². The predicted octanol–water partition coefficient (Wildman–Crippen LogP) is 3.26. The Morgan fingerprint density at radius 2 is 2.04 bits per heavy atom. The van der Waals surface area contributed by atoms with E-state index < -0.39 is 0 Å². The summed E-state index contributed by atoms with van der Waals surface area (Å²) in [6, 6.07) is 9.92. The van der Waals surface area contributed by atoms with Crippen molar-refractivity contribution in [3.05, 3.63) is 54.1 Å². The van der Waals surface area contributed by atoms with Crippen LogP contribution in [0.25, 0.3) is 16.9 Å². The molecular weight excluding hydrogens is 342 g/mol. The Morgan fingerprint density at radius 1 is 1.22 bits per heavy atom. The molecule has 2 N–H and O–H groups in total. The summed E-state index contributed by atoms with van der Waals surface area (Å²) < 4.78 is 6.93. The molecule has 0 aliphatic rings. The lowest BCUT2D eigenvalue weighted by molar-refractivity contribution is 0.415. The fourth-order valence-electron chi connectivity index (χ4n) is 2.90. The van der Waals surface area contributed by atoms with E-state index >= 15 is 0 Å². The van der Waals surface area contributed by atoms with Crippen LogP contribution in [0.1, 0.15) is 31.0 Å². The van der Waals surface area contributed by atoms with Crippen molar-refractivity contribution in [3.8, 4) is 17.0 Å². The van der Waals surface area contributed by atoms with Crippen LogP contribution in [0, 0.1) is 0 Å². The summed E-state index contributed by atoms with van der Waals surface area (Å²) in [6.45, 7) is 4.82. The molecular formula is C19H21N7O. The van der Waals surface area contributed by atoms with E-state index in [0.717, 1.165) is 34.0 Å². The first kappa shape index (κ1) is 17.0. The van der Waals surface area contributed by atoms with Gasteiger partial charge in [-0.1, -0.05) is 13.8 Å². The van der Waals surface area contributed by atoms with Crippen molar-refractivity contribution in [1.82, 2.24) is 30.0 Å². The van der Waals surface area contributed by atoms with Crippen LogP contribution >= 0.6 is 0 Å². The number of aromatic amines is 1. The summed E-state index contributed by atoms with van der Waals surface area (Å²) >= 11 is 0. The van der Waals surface area contributed by atoms with Gasteiger partial charge in [0.2, 0.25) is 5.65 Å². The number of methoxy groups -OCH3 is 1. The number of benzene rings is 1. The standard InChI is InChI=1S/C19H21N7O/c1-12(2)16-8-17(19-24-22-11-26(19)25-16)20-9-14-10-21-23-18(14)13-4-6-15(27-3)7-5-13/h4-8,10-12,20H,9H2,1-3H3,(H,21,23). The highest BCUT2D eigenvalue weighted by molar-refractivity contribution is 5.68. The zero-order chi connectivity index (χ0) is 18.8. The minimum atomic E-state index is 0.307. The normalized spacial score (nSPS) is 11.3. The molecule has 0 saturated heterocycles. The van der Waals surface area contributed by atoms with Crippen LogP contribution in [0.5, 0.6) is 5.75 Å². The summed E-state index contributed by atoms with van der Waals surface area (Å²) in [6.07, 6.45) is 3.45. The zero-order valence-electron chi connectivity index (χ0n) is 15.5. The second-order valence-electron chi connectivity index (χ2n) is 6.59. The molecule has 1 aromatic carbocycles. The van der Waals surface area contributed by atoms with E-state index in [0.29, 0.717) is 18.1 Å². The Kier molecular flexibility index (Phi) is 4.45. The highest BCUT2D eigenvalue weighted by Crippen LogP contribution is 2.25. The van der Waals surface area contributed by atoms with Crippen LogP contribution in [-0.2, 0) is 6.54 Å². The van der Waals surface area contributed by atoms with Gasteiger partial charge in [-0.15, -0.1) is 10.2 Å². The van der Waals surface area contributed by atoms with Gasteiger partial charge in [0.15, 0.2) is 0 Å². The van der Waals surface area contributed by atoms with Crippen molar-refractivity contribution in [1.29, 1.82) is 0 Å². The Morgan fingerprint density at radius 3 is 2.78 bits per heavy atom. The van der Waals surface area contributed by atoms with Gasteiger partial charge in [0.25, 0.3) is 0 Å². The fourth-order valence-corrected chi connectivity index (χ4v) is 2.90. The smallest absolute Gasteiger partial charge is 0.200 e. The van der Waals surface area contributed by atoms with Gasteiger partial charge in [-0.3, -0.25) is 5.10 Å². The highest BCUT2D eigenvalue weighted by Gasteiger charge is 2.12. The second-order valence-corrected chi connectivity index (χ2v) is 6.59. The maximum Gasteiger partial charge on any atom is 0.200 e. The summed E-state index contributed by atoms with van der Waals surface area (Å²) in [5.41, 5.74) is 5.66. The van der Waals surface area contributed by atoms with Crippen LogP contribution in [-0.4, -0.2) is 37.1 Å². The largest absolute Gasteiger partial charge is 0.497 e. The molecule has 0 amide bonds. The third-order valence-corrected chi connectivity index (χ3v) is 4.44. The first-order valence-electron chi connectivity index (χ1n) is 8.77. The molecule has 0 fully saturated rings. The van der Waals surface area contributed by atoms with Crippen molar-refractivity contribution < 1.29 is 4.74 Å². The lowest BCUT2D eigenvalue weighted by atomic mass is 10.1. The third-order valence-electron chi connectivity index (χ3n) is 4.44. The van der Waals surface area contributed by atoms with E-state index in [4.69, 9.17) is 4.74 Å². The molecule has 0 atom stereocenters. The van der Waals surface area contributed by atoms with E-state index in [9.17, 15) is 0 Å². The van der Waals surface area contributed by atoms with Crippen LogP contribution in [0.15, 0.2) is 42.9 Å². The SMILES string of the molecule is COc1ccc(-c2[nH]ncc2CNc2cc(C(C)C)nn3cnnc23)cc1. The maximum absolute atomic E-state index is 5.23. The number of rotatable bonds is 6. The summed E-state index contributed by atoms with van der Waals surface area (Å²) in [5.74, 6) is 1.13. The van der Waals surface area contributed by atoms with Crippen molar-refractivity contribution in [2.24, 2.45) is 0 Å². The first-order chi connectivity index (χ1) is 13.2. The minimum Gasteiger partial charge on any atom is -0.497 e. The third kappa shape index (κ3) is 3.33. The van der Waals surface area contributed by atoms with Gasteiger partial charge in [-0.25, -0.2) is 0 Å². The molecule has 4 aromatic rings. The molecule has 27 heavy (non-hydrogen) atoms. The van der Waals surface area contributed by atoms with Gasteiger partial charge >= 0.3 is 0 Å². The van der Waals surface area contributed by atoms with Gasteiger partial charge in [0, 0.05) is 17.7 Å². The number of hydrogen-bond acceptors (Lipinski definition) is 6. The average Bonchev–Trinajstić information content (AvgIpc) is 3.35. The van der Waals surface area contributed by atoms with E-state index in [1.165, 1.54) is 0 Å². The number of H-pyrrole nitrogens is 1. The number of aromatic nitrogens is 6. The number of ether oxygens (including phenoxy) is 1. The molecule has 3 heterocycles. The Labute approximate surface area is 156 Å². The Bertz CT molecular complexity index is 1050. The van der Waals surface area contributed by atoms with Gasteiger partial charge in [-0.05, 0) is 36.2 Å². The topological polar surface area (TPSA) is 93.0 Å². The minimum absolute atomic E-state index is 0.307. The second kappa shape index (κ2) is 7.06. The van der Waals surface area contributed by atoms with E-state index in [2.05, 4.69) is 44.7 Å². The van der Waals surface area contributed by atoms with Gasteiger partial charge < -0.3 is 10.1 Å². The summed E-state index contributed by atoms with van der Waals surface area (Å²) in [5, 5.41) is 23.4. The predicted molar refractivity (Wildman–Crippen MR) is 103 cm³/mol. The number of nitrogens with zero attached hydrogens (tertiary/aromatic N) is 5. The van der Waals surface area contributed by atoms with E-state index in [1.807, 2.05) is 36.5 Å². The van der Waals surface area contributed by atoms with Crippen molar-refractivity contribution in [3.63, 3.8) is 0 Å². The Hall–Kier alpha value is -3.42. The monoisotopic (exact) mass is 363 g/mol. The molecule has 0 bridgehead atoms. The molecule has 8 heteroatoms. The molecule has 8 nitrogen and oxygen atoms in total. The molecule has 0 unspecified atom stereocenters. The van der Waals surface area contributed by atoms with Crippen LogP contribution in [0.2, 0.25) is 0 Å². The molecule has 0 aliphatic heterocycles. The van der Waals surface area contributed by atoms with Crippen molar-refractivity contribution in [2.45, 2.75) is 26.3 Å². The Balaban J connectivity index is 1.60. The van der Waals surface area contributed by atoms with Crippen LogP contribution < -0.4 is 10.1 Å². The zero-order valence-corrected chi connectivity index (χ0v) is 15.5. The maximum atomic E-state index is 5.23. The van der Waals surface area contributed by atoms with Crippen LogP contribution in [0.4, 0.5) is 5.69 Å². The van der Waals surface area contributed by atoms with Crippen molar-refractivity contribution in [2.75, 3.05) is 12.4 Å². The average molecular weight is 363 g/mol. The van der Waals surface area contributed by atoms with E-state index in [1.54, 1.807) is 18.0 Å². The highest BCUT2D eigenvalue weighted by atomic mass is 16.5. The number of fused-ring (bicyclic) bond motifs is 1. The molecule has 0 aliphatic carbocycles. The molecule has 3 aromatic heterocycles. The summed E-state index contributed by atoms with van der Waals surface area (Å²) in [7, 11) is 1.66. The fraction of sp³-hybridized carbons (Fsp3) is 0.263. The van der Waals surface area contributed by atoms with Gasteiger partial charge in [0.05, 0.1) is 30.4 Å². The molecule has 0 spiro atoms.